The Kier molecular flexibility index (Phi) is 5.00. The predicted molar refractivity (Wildman–Crippen MR) is 71.5 cm³/mol. The van der Waals surface area contributed by atoms with Crippen molar-refractivity contribution in [3.05, 3.63) is 0 Å². The number of sulfone groups is 1. The van der Waals surface area contributed by atoms with Crippen molar-refractivity contribution in [2.24, 2.45) is 0 Å². The highest BCUT2D eigenvalue weighted by Crippen LogP contribution is 2.23. The summed E-state index contributed by atoms with van der Waals surface area (Å²) in [5.74, 6) is 0.580. The normalized spacial score (nSPS) is 35.1. The van der Waals surface area contributed by atoms with Crippen molar-refractivity contribution in [1.82, 2.24) is 10.6 Å². The molecule has 18 heavy (non-hydrogen) atoms. The van der Waals surface area contributed by atoms with E-state index in [1.54, 1.807) is 0 Å². The lowest BCUT2D eigenvalue weighted by molar-refractivity contribution is -0.00982. The third-order valence-corrected chi connectivity index (χ3v) is 5.46. The number of nitrogens with one attached hydrogen (secondary N) is 2. The van der Waals surface area contributed by atoms with Gasteiger partial charge in [0.15, 0.2) is 9.84 Å². The second-order valence-corrected chi connectivity index (χ2v) is 7.48. The molecular formula is C12H24N2O3S. The number of hydrogen-bond acceptors (Lipinski definition) is 5. The average Bonchev–Trinajstić information content (AvgIpc) is 2.24. The minimum atomic E-state index is -2.80. The monoisotopic (exact) mass is 276 g/mol. The van der Waals surface area contributed by atoms with Crippen molar-refractivity contribution in [3.8, 4) is 0 Å². The SMILES string of the molecule is CCOC1CC(NCCC2CS(=O)(=O)CCN2)C1. The summed E-state index contributed by atoms with van der Waals surface area (Å²) in [4.78, 5) is 0. The molecule has 0 aromatic heterocycles. The fourth-order valence-corrected chi connectivity index (χ4v) is 4.11. The Balaban J connectivity index is 1.56. The molecule has 0 amide bonds. The Morgan fingerprint density at radius 1 is 1.39 bits per heavy atom. The molecule has 1 aliphatic carbocycles. The largest absolute Gasteiger partial charge is 0.378 e. The van der Waals surface area contributed by atoms with Crippen LogP contribution in [0.4, 0.5) is 0 Å². The summed E-state index contributed by atoms with van der Waals surface area (Å²) in [5, 5.41) is 6.74. The third kappa shape index (κ3) is 4.19. The molecule has 2 aliphatic rings. The van der Waals surface area contributed by atoms with Crippen LogP contribution in [0.15, 0.2) is 0 Å². The second-order valence-electron chi connectivity index (χ2n) is 5.25. The van der Waals surface area contributed by atoms with Crippen molar-refractivity contribution in [2.75, 3.05) is 31.2 Å². The van der Waals surface area contributed by atoms with Crippen LogP contribution in [0.2, 0.25) is 0 Å². The molecule has 6 heteroatoms. The fraction of sp³-hybridized carbons (Fsp3) is 1.00. The zero-order chi connectivity index (χ0) is 13.0. The molecule has 1 atom stereocenters. The van der Waals surface area contributed by atoms with Gasteiger partial charge in [-0.15, -0.1) is 0 Å². The first-order chi connectivity index (χ1) is 8.59. The van der Waals surface area contributed by atoms with Gasteiger partial charge >= 0.3 is 0 Å². The molecule has 0 bridgehead atoms. The molecule has 0 spiro atoms. The van der Waals surface area contributed by atoms with Crippen LogP contribution in [0.3, 0.4) is 0 Å². The Hall–Kier alpha value is -0.170. The van der Waals surface area contributed by atoms with E-state index in [4.69, 9.17) is 4.74 Å². The number of rotatable bonds is 6. The molecule has 1 unspecified atom stereocenters. The van der Waals surface area contributed by atoms with E-state index in [1.165, 1.54) is 0 Å². The van der Waals surface area contributed by atoms with E-state index in [9.17, 15) is 8.42 Å². The van der Waals surface area contributed by atoms with Gasteiger partial charge in [-0.2, -0.15) is 0 Å². The van der Waals surface area contributed by atoms with E-state index in [2.05, 4.69) is 10.6 Å². The molecule has 106 valence electrons. The van der Waals surface area contributed by atoms with Gasteiger partial charge in [-0.3, -0.25) is 0 Å². The van der Waals surface area contributed by atoms with Gasteiger partial charge in [-0.05, 0) is 32.7 Å². The summed E-state index contributed by atoms with van der Waals surface area (Å²) in [5.41, 5.74) is 0. The maximum atomic E-state index is 11.5. The van der Waals surface area contributed by atoms with Gasteiger partial charge in [0, 0.05) is 25.2 Å². The number of ether oxygens (including phenoxy) is 1. The van der Waals surface area contributed by atoms with E-state index in [0.29, 0.717) is 24.4 Å². The van der Waals surface area contributed by atoms with E-state index in [-0.39, 0.29) is 11.8 Å². The molecule has 0 aromatic carbocycles. The molecule has 2 rings (SSSR count). The molecule has 1 heterocycles. The summed E-state index contributed by atoms with van der Waals surface area (Å²) in [6, 6.07) is 0.681. The van der Waals surface area contributed by atoms with Gasteiger partial charge in [-0.25, -0.2) is 8.42 Å². The van der Waals surface area contributed by atoms with Gasteiger partial charge in [0.1, 0.15) is 0 Å². The summed E-state index contributed by atoms with van der Waals surface area (Å²) in [7, 11) is -2.80. The second kappa shape index (κ2) is 6.32. The number of hydrogen-bond donors (Lipinski definition) is 2. The molecule has 2 N–H and O–H groups in total. The van der Waals surface area contributed by atoms with Crippen LogP contribution in [0.25, 0.3) is 0 Å². The quantitative estimate of drug-likeness (QED) is 0.710. The summed E-state index contributed by atoms with van der Waals surface area (Å²) < 4.78 is 28.4. The highest BCUT2D eigenvalue weighted by atomic mass is 32.2. The maximum Gasteiger partial charge on any atom is 0.153 e. The van der Waals surface area contributed by atoms with E-state index in [0.717, 1.165) is 32.4 Å². The molecule has 2 fully saturated rings. The van der Waals surface area contributed by atoms with Crippen molar-refractivity contribution >= 4 is 9.84 Å². The standard InChI is InChI=1S/C12H24N2O3S/c1-2-17-12-7-11(8-12)13-4-3-10-9-18(15,16)6-5-14-10/h10-14H,2-9H2,1H3. The Morgan fingerprint density at radius 3 is 2.83 bits per heavy atom. The Morgan fingerprint density at radius 2 is 2.17 bits per heavy atom. The van der Waals surface area contributed by atoms with Crippen molar-refractivity contribution in [1.29, 1.82) is 0 Å². The Labute approximate surface area is 110 Å². The van der Waals surface area contributed by atoms with Gasteiger partial charge in [-0.1, -0.05) is 0 Å². The van der Waals surface area contributed by atoms with Gasteiger partial charge in [0.2, 0.25) is 0 Å². The first kappa shape index (κ1) is 14.2. The lowest BCUT2D eigenvalue weighted by atomic mass is 9.89. The topological polar surface area (TPSA) is 67.4 Å². The van der Waals surface area contributed by atoms with Crippen molar-refractivity contribution in [3.63, 3.8) is 0 Å². The van der Waals surface area contributed by atoms with Crippen LogP contribution in [0, 0.1) is 0 Å². The van der Waals surface area contributed by atoms with Crippen molar-refractivity contribution < 1.29 is 13.2 Å². The molecule has 1 saturated carbocycles. The molecule has 1 saturated heterocycles. The van der Waals surface area contributed by atoms with Gasteiger partial charge in [0.25, 0.3) is 0 Å². The zero-order valence-corrected chi connectivity index (χ0v) is 11.8. The van der Waals surface area contributed by atoms with E-state index < -0.39 is 9.84 Å². The summed E-state index contributed by atoms with van der Waals surface area (Å²) in [6.07, 6.45) is 3.49. The first-order valence-corrected chi connectivity index (χ1v) is 8.70. The van der Waals surface area contributed by atoms with Crippen LogP contribution in [0.1, 0.15) is 26.2 Å². The molecule has 5 nitrogen and oxygen atoms in total. The maximum absolute atomic E-state index is 11.5. The van der Waals surface area contributed by atoms with Gasteiger partial charge in [0.05, 0.1) is 17.6 Å². The minimum absolute atomic E-state index is 0.124. The molecule has 0 aromatic rings. The predicted octanol–water partition coefficient (Wildman–Crippen LogP) is -0.0798. The van der Waals surface area contributed by atoms with E-state index in [1.807, 2.05) is 6.92 Å². The highest BCUT2D eigenvalue weighted by molar-refractivity contribution is 7.91. The first-order valence-electron chi connectivity index (χ1n) is 6.88. The van der Waals surface area contributed by atoms with Crippen LogP contribution >= 0.6 is 0 Å². The summed E-state index contributed by atoms with van der Waals surface area (Å²) in [6.45, 7) is 4.30. The fourth-order valence-electron chi connectivity index (χ4n) is 2.62. The van der Waals surface area contributed by atoms with Gasteiger partial charge < -0.3 is 15.4 Å². The Bertz CT molecular complexity index is 352. The molecular weight excluding hydrogens is 252 g/mol. The molecule has 0 radical (unpaired) electrons. The smallest absolute Gasteiger partial charge is 0.153 e. The molecule has 1 aliphatic heterocycles. The lowest BCUT2D eigenvalue weighted by Crippen LogP contribution is -2.49. The third-order valence-electron chi connectivity index (χ3n) is 3.72. The minimum Gasteiger partial charge on any atom is -0.378 e. The average molecular weight is 276 g/mol. The van der Waals surface area contributed by atoms with E-state index >= 15 is 0 Å². The summed E-state index contributed by atoms with van der Waals surface area (Å²) >= 11 is 0. The van der Waals surface area contributed by atoms with Crippen LogP contribution in [0.5, 0.6) is 0 Å². The highest BCUT2D eigenvalue weighted by Gasteiger charge is 2.29. The van der Waals surface area contributed by atoms with Crippen LogP contribution < -0.4 is 10.6 Å². The van der Waals surface area contributed by atoms with Crippen LogP contribution in [-0.2, 0) is 14.6 Å². The lowest BCUT2D eigenvalue weighted by Gasteiger charge is -2.36. The zero-order valence-electron chi connectivity index (χ0n) is 11.0. The van der Waals surface area contributed by atoms with Crippen molar-refractivity contribution in [2.45, 2.75) is 44.4 Å². The van der Waals surface area contributed by atoms with Crippen LogP contribution in [-0.4, -0.2) is 57.8 Å².